The van der Waals surface area contributed by atoms with Crippen molar-refractivity contribution in [2.24, 2.45) is 0 Å². The summed E-state index contributed by atoms with van der Waals surface area (Å²) >= 11 is 0. The van der Waals surface area contributed by atoms with E-state index in [2.05, 4.69) is 33.7 Å². The molecule has 0 aliphatic heterocycles. The van der Waals surface area contributed by atoms with Crippen LogP contribution in [0.15, 0.2) is 24.7 Å². The normalized spacial score (nSPS) is 14.6. The van der Waals surface area contributed by atoms with Crippen LogP contribution in [-0.4, -0.2) is 29.1 Å². The topological polar surface area (TPSA) is 41.1 Å². The SMILES string of the molecule is C=C(C)CN(CC)c1ncncc1CNC1CC1. The van der Waals surface area contributed by atoms with Crippen molar-refractivity contribution in [3.05, 3.63) is 30.2 Å². The molecule has 1 heterocycles. The summed E-state index contributed by atoms with van der Waals surface area (Å²) in [5.74, 6) is 1.03. The third-order valence-corrected chi connectivity index (χ3v) is 3.06. The minimum absolute atomic E-state index is 0.703. The third-order valence-electron chi connectivity index (χ3n) is 3.06. The highest BCUT2D eigenvalue weighted by molar-refractivity contribution is 5.46. The molecule has 0 amide bonds. The van der Waals surface area contributed by atoms with Gasteiger partial charge in [-0.15, -0.1) is 0 Å². The molecule has 0 saturated heterocycles. The average Bonchev–Trinajstić information content (AvgIpc) is 3.18. The first-order valence-corrected chi connectivity index (χ1v) is 6.62. The Hall–Kier alpha value is -1.42. The molecule has 1 saturated carbocycles. The molecule has 1 aliphatic rings. The van der Waals surface area contributed by atoms with Crippen molar-refractivity contribution in [1.82, 2.24) is 15.3 Å². The van der Waals surface area contributed by atoms with E-state index in [4.69, 9.17) is 0 Å². The number of nitrogens with zero attached hydrogens (tertiary/aromatic N) is 3. The molecular weight excluding hydrogens is 224 g/mol. The molecule has 1 aliphatic carbocycles. The molecule has 1 aromatic heterocycles. The van der Waals surface area contributed by atoms with Crippen LogP contribution in [0.3, 0.4) is 0 Å². The van der Waals surface area contributed by atoms with Crippen molar-refractivity contribution in [3.63, 3.8) is 0 Å². The van der Waals surface area contributed by atoms with Crippen LogP contribution in [0.4, 0.5) is 5.82 Å². The van der Waals surface area contributed by atoms with Gasteiger partial charge in [-0.2, -0.15) is 0 Å². The maximum absolute atomic E-state index is 4.43. The zero-order valence-electron chi connectivity index (χ0n) is 11.3. The number of anilines is 1. The van der Waals surface area contributed by atoms with E-state index in [0.29, 0.717) is 6.04 Å². The highest BCUT2D eigenvalue weighted by atomic mass is 15.2. The van der Waals surface area contributed by atoms with Crippen LogP contribution in [0.2, 0.25) is 0 Å². The number of hydrogen-bond donors (Lipinski definition) is 1. The zero-order valence-corrected chi connectivity index (χ0v) is 11.3. The van der Waals surface area contributed by atoms with Crippen LogP contribution in [-0.2, 0) is 6.54 Å². The minimum atomic E-state index is 0.703. The summed E-state index contributed by atoms with van der Waals surface area (Å²) in [6.45, 7) is 10.8. The van der Waals surface area contributed by atoms with Crippen LogP contribution in [0.1, 0.15) is 32.3 Å². The fourth-order valence-corrected chi connectivity index (χ4v) is 1.97. The summed E-state index contributed by atoms with van der Waals surface area (Å²) in [7, 11) is 0. The lowest BCUT2D eigenvalue weighted by atomic mass is 10.2. The molecule has 1 N–H and O–H groups in total. The Morgan fingerprint density at radius 3 is 2.94 bits per heavy atom. The van der Waals surface area contributed by atoms with Gasteiger partial charge in [-0.1, -0.05) is 12.2 Å². The van der Waals surface area contributed by atoms with Crippen molar-refractivity contribution in [3.8, 4) is 0 Å². The molecule has 0 atom stereocenters. The van der Waals surface area contributed by atoms with E-state index in [1.165, 1.54) is 18.4 Å². The molecule has 18 heavy (non-hydrogen) atoms. The van der Waals surface area contributed by atoms with E-state index in [0.717, 1.165) is 31.0 Å². The second-order valence-corrected chi connectivity index (χ2v) is 5.00. The Balaban J connectivity index is 2.10. The van der Waals surface area contributed by atoms with Gasteiger partial charge in [0.15, 0.2) is 0 Å². The molecule has 4 heteroatoms. The molecule has 0 aromatic carbocycles. The lowest BCUT2D eigenvalue weighted by Crippen LogP contribution is -2.28. The third kappa shape index (κ3) is 3.53. The van der Waals surface area contributed by atoms with Gasteiger partial charge in [0.25, 0.3) is 0 Å². The van der Waals surface area contributed by atoms with Gasteiger partial charge >= 0.3 is 0 Å². The molecule has 0 spiro atoms. The van der Waals surface area contributed by atoms with Crippen molar-refractivity contribution in [1.29, 1.82) is 0 Å². The molecule has 98 valence electrons. The monoisotopic (exact) mass is 246 g/mol. The smallest absolute Gasteiger partial charge is 0.136 e. The Morgan fingerprint density at radius 2 is 2.33 bits per heavy atom. The van der Waals surface area contributed by atoms with Crippen LogP contribution in [0.5, 0.6) is 0 Å². The van der Waals surface area contributed by atoms with Gasteiger partial charge < -0.3 is 10.2 Å². The van der Waals surface area contributed by atoms with Crippen molar-refractivity contribution in [2.75, 3.05) is 18.0 Å². The molecule has 1 fully saturated rings. The molecule has 0 bridgehead atoms. The molecule has 4 nitrogen and oxygen atoms in total. The van der Waals surface area contributed by atoms with Gasteiger partial charge in [0.2, 0.25) is 0 Å². The van der Waals surface area contributed by atoms with E-state index in [1.54, 1.807) is 6.33 Å². The Morgan fingerprint density at radius 1 is 1.56 bits per heavy atom. The quantitative estimate of drug-likeness (QED) is 0.748. The molecule has 0 radical (unpaired) electrons. The van der Waals surface area contributed by atoms with Crippen molar-refractivity contribution < 1.29 is 0 Å². The number of nitrogens with one attached hydrogen (secondary N) is 1. The van der Waals surface area contributed by atoms with Crippen LogP contribution >= 0.6 is 0 Å². The van der Waals surface area contributed by atoms with Crippen LogP contribution in [0, 0.1) is 0 Å². The molecule has 1 aromatic rings. The Labute approximate surface area is 109 Å². The summed E-state index contributed by atoms with van der Waals surface area (Å²) in [6.07, 6.45) is 6.13. The number of aromatic nitrogens is 2. The highest BCUT2D eigenvalue weighted by Crippen LogP contribution is 2.22. The van der Waals surface area contributed by atoms with E-state index in [9.17, 15) is 0 Å². The summed E-state index contributed by atoms with van der Waals surface area (Å²) in [6, 6.07) is 0.703. The van der Waals surface area contributed by atoms with E-state index in [1.807, 2.05) is 13.1 Å². The van der Waals surface area contributed by atoms with Gasteiger partial charge in [0, 0.05) is 37.4 Å². The van der Waals surface area contributed by atoms with Crippen LogP contribution in [0.25, 0.3) is 0 Å². The first kappa shape index (κ1) is 13.0. The van der Waals surface area contributed by atoms with Gasteiger partial charge in [0.1, 0.15) is 12.1 Å². The molecule has 2 rings (SSSR count). The second-order valence-electron chi connectivity index (χ2n) is 5.00. The van der Waals surface area contributed by atoms with E-state index >= 15 is 0 Å². The van der Waals surface area contributed by atoms with E-state index in [-0.39, 0.29) is 0 Å². The fourth-order valence-electron chi connectivity index (χ4n) is 1.97. The van der Waals surface area contributed by atoms with Gasteiger partial charge in [0.05, 0.1) is 0 Å². The van der Waals surface area contributed by atoms with Crippen molar-refractivity contribution >= 4 is 5.82 Å². The van der Waals surface area contributed by atoms with Gasteiger partial charge in [-0.25, -0.2) is 9.97 Å². The van der Waals surface area contributed by atoms with Gasteiger partial charge in [-0.05, 0) is 26.7 Å². The maximum Gasteiger partial charge on any atom is 0.136 e. The summed E-state index contributed by atoms with van der Waals surface area (Å²) in [5.41, 5.74) is 2.32. The maximum atomic E-state index is 4.43. The van der Waals surface area contributed by atoms with Crippen LogP contribution < -0.4 is 10.2 Å². The number of rotatable bonds is 7. The summed E-state index contributed by atoms with van der Waals surface area (Å²) in [5, 5.41) is 3.52. The zero-order chi connectivity index (χ0) is 13.0. The first-order valence-electron chi connectivity index (χ1n) is 6.62. The molecular formula is C14H22N4. The number of likely N-dealkylation sites (N-methyl/N-ethyl adjacent to an activating group) is 1. The highest BCUT2D eigenvalue weighted by Gasteiger charge is 2.21. The lowest BCUT2D eigenvalue weighted by Gasteiger charge is -2.24. The summed E-state index contributed by atoms with van der Waals surface area (Å²) < 4.78 is 0. The molecule has 0 unspecified atom stereocenters. The predicted octanol–water partition coefficient (Wildman–Crippen LogP) is 2.13. The fraction of sp³-hybridized carbons (Fsp3) is 0.571. The standard InChI is InChI=1S/C14H22N4/c1-4-18(9-11(2)3)14-12(7-15-10-17-14)8-16-13-5-6-13/h7,10,13,16H,2,4-6,8-9H2,1,3H3. The van der Waals surface area contributed by atoms with Gasteiger partial charge in [-0.3, -0.25) is 0 Å². The number of hydrogen-bond acceptors (Lipinski definition) is 4. The summed E-state index contributed by atoms with van der Waals surface area (Å²) in [4.78, 5) is 10.8. The predicted molar refractivity (Wildman–Crippen MR) is 74.6 cm³/mol. The minimum Gasteiger partial charge on any atom is -0.353 e. The largest absolute Gasteiger partial charge is 0.353 e. The second kappa shape index (κ2) is 5.96. The van der Waals surface area contributed by atoms with E-state index < -0.39 is 0 Å². The average molecular weight is 246 g/mol. The Bertz CT molecular complexity index is 412. The first-order chi connectivity index (χ1) is 8.70. The Kier molecular flexibility index (Phi) is 4.31. The lowest BCUT2D eigenvalue weighted by molar-refractivity contribution is 0.679. The van der Waals surface area contributed by atoms with Crippen molar-refractivity contribution in [2.45, 2.75) is 39.3 Å².